The number of nitrogens with one attached hydrogen (secondary N) is 1. The Labute approximate surface area is 146 Å². The molecule has 3 rings (SSSR count). The van der Waals surface area contributed by atoms with E-state index >= 15 is 0 Å². The Morgan fingerprint density at radius 1 is 1.30 bits per heavy atom. The molecule has 0 unspecified atom stereocenters. The fourth-order valence-corrected chi connectivity index (χ4v) is 3.95. The zero-order chi connectivity index (χ0) is 16.8. The lowest BCUT2D eigenvalue weighted by molar-refractivity contribution is -0.118. The first-order valence-electron chi connectivity index (χ1n) is 7.54. The van der Waals surface area contributed by atoms with Crippen LogP contribution in [-0.4, -0.2) is 10.8 Å². The molecule has 1 aromatic rings. The summed E-state index contributed by atoms with van der Waals surface area (Å²) < 4.78 is 0. The van der Waals surface area contributed by atoms with Crippen LogP contribution in [-0.2, 0) is 4.79 Å². The molecule has 0 radical (unpaired) electrons. The second-order valence-corrected chi connectivity index (χ2v) is 7.83. The average molecular weight is 345 g/mol. The normalized spacial score (nSPS) is 26.3. The highest BCUT2D eigenvalue weighted by Gasteiger charge is 2.44. The first-order valence-corrected chi connectivity index (χ1v) is 8.33. The minimum atomic E-state index is -0.532. The maximum Gasteiger partial charge on any atom is 0.161 e. The summed E-state index contributed by atoms with van der Waals surface area (Å²) in [4.78, 5) is 13.3. The largest absolute Gasteiger partial charge is 0.352 e. The number of hydrogen-bond acceptors (Lipinski definition) is 3. The van der Waals surface area contributed by atoms with Gasteiger partial charge in [-0.2, -0.15) is 5.26 Å². The minimum absolute atomic E-state index is 0.0947. The van der Waals surface area contributed by atoms with Crippen LogP contribution in [0.25, 0.3) is 0 Å². The van der Waals surface area contributed by atoms with Crippen LogP contribution in [0, 0.1) is 22.7 Å². The molecule has 2 aliphatic rings. The van der Waals surface area contributed by atoms with Gasteiger partial charge in [0.2, 0.25) is 0 Å². The van der Waals surface area contributed by atoms with Crippen molar-refractivity contribution in [1.82, 2.24) is 5.32 Å². The molecule has 23 heavy (non-hydrogen) atoms. The van der Waals surface area contributed by atoms with Gasteiger partial charge in [0, 0.05) is 28.6 Å². The van der Waals surface area contributed by atoms with Gasteiger partial charge in [-0.15, -0.1) is 0 Å². The molecule has 5 heteroatoms. The summed E-state index contributed by atoms with van der Waals surface area (Å²) >= 11 is 11.4. The SMILES string of the molecule is CC1(C)CC(=O)C2=C(C1)NC(=S)[C@@H](C#N)[C@H]2c1ccc(Cl)cc1. The molecule has 0 saturated carbocycles. The molecule has 0 fully saturated rings. The summed E-state index contributed by atoms with van der Waals surface area (Å²) in [5, 5.41) is 13.4. The molecule has 0 aromatic heterocycles. The average Bonchev–Trinajstić information content (AvgIpc) is 2.45. The second kappa shape index (κ2) is 5.74. The van der Waals surface area contributed by atoms with Crippen molar-refractivity contribution >= 4 is 34.6 Å². The van der Waals surface area contributed by atoms with Crippen molar-refractivity contribution in [2.45, 2.75) is 32.6 Å². The van der Waals surface area contributed by atoms with Crippen LogP contribution in [0.4, 0.5) is 0 Å². The van der Waals surface area contributed by atoms with Crippen molar-refractivity contribution in [1.29, 1.82) is 5.26 Å². The van der Waals surface area contributed by atoms with Gasteiger partial charge >= 0.3 is 0 Å². The molecular weight excluding hydrogens is 328 g/mol. The molecule has 1 N–H and O–H groups in total. The highest BCUT2D eigenvalue weighted by atomic mass is 35.5. The maximum absolute atomic E-state index is 12.8. The lowest BCUT2D eigenvalue weighted by atomic mass is 9.67. The first kappa shape index (κ1) is 16.2. The maximum atomic E-state index is 12.8. The summed E-state index contributed by atoms with van der Waals surface area (Å²) in [6.07, 6.45) is 1.25. The van der Waals surface area contributed by atoms with E-state index in [9.17, 15) is 10.1 Å². The number of halogens is 1. The lowest BCUT2D eigenvalue weighted by Crippen LogP contribution is -2.44. The van der Waals surface area contributed by atoms with Crippen LogP contribution in [0.15, 0.2) is 35.5 Å². The predicted octanol–water partition coefficient (Wildman–Crippen LogP) is 4.14. The number of carbonyl (C=O) groups is 1. The number of thiocarbonyl (C=S) groups is 1. The Morgan fingerprint density at radius 3 is 2.57 bits per heavy atom. The molecule has 0 bridgehead atoms. The van der Waals surface area contributed by atoms with E-state index in [1.165, 1.54) is 0 Å². The highest BCUT2D eigenvalue weighted by molar-refractivity contribution is 7.80. The molecule has 1 aromatic carbocycles. The molecule has 1 aliphatic carbocycles. The quantitative estimate of drug-likeness (QED) is 0.778. The third-order valence-electron chi connectivity index (χ3n) is 4.49. The molecule has 3 nitrogen and oxygen atoms in total. The molecule has 1 heterocycles. The van der Waals surface area contributed by atoms with Gasteiger partial charge in [0.05, 0.1) is 11.1 Å². The molecule has 0 spiro atoms. The topological polar surface area (TPSA) is 52.9 Å². The summed E-state index contributed by atoms with van der Waals surface area (Å²) in [5.74, 6) is -0.744. The summed E-state index contributed by atoms with van der Waals surface area (Å²) in [5.41, 5.74) is 2.41. The Kier molecular flexibility index (Phi) is 4.03. The Morgan fingerprint density at radius 2 is 1.96 bits per heavy atom. The lowest BCUT2D eigenvalue weighted by Gasteiger charge is -2.40. The third kappa shape index (κ3) is 2.91. The zero-order valence-electron chi connectivity index (χ0n) is 13.0. The first-order chi connectivity index (χ1) is 10.8. The van der Waals surface area contributed by atoms with Gasteiger partial charge in [0.15, 0.2) is 5.78 Å². The third-order valence-corrected chi connectivity index (χ3v) is 5.10. The van der Waals surface area contributed by atoms with Crippen LogP contribution in [0.2, 0.25) is 5.02 Å². The van der Waals surface area contributed by atoms with E-state index in [0.29, 0.717) is 22.0 Å². The predicted molar refractivity (Wildman–Crippen MR) is 94.1 cm³/mol. The van der Waals surface area contributed by atoms with Crippen LogP contribution >= 0.6 is 23.8 Å². The van der Waals surface area contributed by atoms with E-state index in [1.807, 2.05) is 12.1 Å². The number of carbonyl (C=O) groups excluding carboxylic acids is 1. The van der Waals surface area contributed by atoms with Gasteiger partial charge in [-0.3, -0.25) is 4.79 Å². The van der Waals surface area contributed by atoms with Gasteiger partial charge in [-0.25, -0.2) is 0 Å². The molecule has 118 valence electrons. The molecule has 0 amide bonds. The van der Waals surface area contributed by atoms with Gasteiger partial charge < -0.3 is 5.32 Å². The van der Waals surface area contributed by atoms with E-state index < -0.39 is 5.92 Å². The summed E-state index contributed by atoms with van der Waals surface area (Å²) in [7, 11) is 0. The van der Waals surface area contributed by atoms with Crippen LogP contribution in [0.5, 0.6) is 0 Å². The highest BCUT2D eigenvalue weighted by Crippen LogP contribution is 2.46. The Hall–Kier alpha value is -1.70. The number of nitriles is 1. The second-order valence-electron chi connectivity index (χ2n) is 6.96. The van der Waals surface area contributed by atoms with Crippen molar-refractivity contribution in [2.24, 2.45) is 11.3 Å². The number of ketones is 1. The van der Waals surface area contributed by atoms with Gasteiger partial charge in [-0.1, -0.05) is 49.8 Å². The van der Waals surface area contributed by atoms with Crippen molar-refractivity contribution in [3.63, 3.8) is 0 Å². The summed E-state index contributed by atoms with van der Waals surface area (Å²) in [6, 6.07) is 9.60. The standard InChI is InChI=1S/C18H17ClN2OS/c1-18(2)7-13-16(14(22)8-18)15(12(9-20)17(23)21-13)10-3-5-11(19)6-4-10/h3-6,12,15H,7-8H2,1-2H3,(H,21,23)/t12-,15+/m0/s1. The summed E-state index contributed by atoms with van der Waals surface area (Å²) in [6.45, 7) is 4.15. The van der Waals surface area contributed by atoms with Gasteiger partial charge in [0.25, 0.3) is 0 Å². The number of allylic oxidation sites excluding steroid dienone is 2. The van der Waals surface area contributed by atoms with E-state index in [0.717, 1.165) is 17.7 Å². The van der Waals surface area contributed by atoms with E-state index in [1.54, 1.807) is 12.1 Å². The van der Waals surface area contributed by atoms with Crippen LogP contribution in [0.1, 0.15) is 38.2 Å². The van der Waals surface area contributed by atoms with Crippen molar-refractivity contribution in [2.75, 3.05) is 0 Å². The fourth-order valence-electron chi connectivity index (χ4n) is 3.51. The fraction of sp³-hybridized carbons (Fsp3) is 0.389. The van der Waals surface area contributed by atoms with E-state index in [2.05, 4.69) is 25.2 Å². The Bertz CT molecular complexity index is 758. The van der Waals surface area contributed by atoms with Crippen molar-refractivity contribution < 1.29 is 4.79 Å². The minimum Gasteiger partial charge on any atom is -0.352 e. The monoisotopic (exact) mass is 344 g/mol. The van der Waals surface area contributed by atoms with Crippen molar-refractivity contribution in [3.05, 3.63) is 46.1 Å². The molecule has 1 aliphatic heterocycles. The van der Waals surface area contributed by atoms with Gasteiger partial charge in [0.1, 0.15) is 5.92 Å². The number of rotatable bonds is 1. The zero-order valence-corrected chi connectivity index (χ0v) is 14.6. The molecule has 0 saturated heterocycles. The Balaban J connectivity index is 2.16. The van der Waals surface area contributed by atoms with Crippen molar-refractivity contribution in [3.8, 4) is 6.07 Å². The smallest absolute Gasteiger partial charge is 0.161 e. The van der Waals surface area contributed by atoms with E-state index in [-0.39, 0.29) is 17.1 Å². The molecular formula is C18H17ClN2OS. The van der Waals surface area contributed by atoms with Crippen LogP contribution < -0.4 is 5.32 Å². The molecule has 2 atom stereocenters. The number of benzene rings is 1. The number of Topliss-reactive ketones (excluding diaryl/α,β-unsaturated/α-hetero) is 1. The van der Waals surface area contributed by atoms with Crippen LogP contribution in [0.3, 0.4) is 0 Å². The number of hydrogen-bond donors (Lipinski definition) is 1. The van der Waals surface area contributed by atoms with E-state index in [4.69, 9.17) is 23.8 Å². The van der Waals surface area contributed by atoms with Gasteiger partial charge in [-0.05, 0) is 29.5 Å². The number of nitrogens with zero attached hydrogens (tertiary/aromatic N) is 1.